The second kappa shape index (κ2) is 8.64. The highest BCUT2D eigenvalue weighted by Gasteiger charge is 2.40. The zero-order chi connectivity index (χ0) is 20.3. The van der Waals surface area contributed by atoms with Crippen LogP contribution in [0.3, 0.4) is 0 Å². The van der Waals surface area contributed by atoms with Crippen molar-refractivity contribution in [2.45, 2.75) is 31.2 Å². The van der Waals surface area contributed by atoms with Crippen LogP contribution < -0.4 is 5.32 Å². The van der Waals surface area contributed by atoms with Crippen molar-refractivity contribution in [3.8, 4) is 11.1 Å². The van der Waals surface area contributed by atoms with Gasteiger partial charge in [0, 0.05) is 49.4 Å². The fourth-order valence-electron chi connectivity index (χ4n) is 4.79. The van der Waals surface area contributed by atoms with Crippen molar-refractivity contribution in [1.82, 2.24) is 15.1 Å². The summed E-state index contributed by atoms with van der Waals surface area (Å²) < 4.78 is 14.1. The largest absolute Gasteiger partial charge is 0.350 e. The van der Waals surface area contributed by atoms with Crippen LogP contribution in [0.4, 0.5) is 4.39 Å². The summed E-state index contributed by atoms with van der Waals surface area (Å²) in [6.07, 6.45) is 4.74. The molecule has 1 saturated heterocycles. The van der Waals surface area contributed by atoms with E-state index in [9.17, 15) is 9.18 Å². The van der Waals surface area contributed by atoms with E-state index >= 15 is 0 Å². The van der Waals surface area contributed by atoms with Crippen molar-refractivity contribution < 1.29 is 9.18 Å². The van der Waals surface area contributed by atoms with Gasteiger partial charge < -0.3 is 10.2 Å². The number of likely N-dealkylation sites (N-methyl/N-ethyl adjacent to an activating group) is 1. The number of halogens is 1. The van der Waals surface area contributed by atoms with E-state index in [4.69, 9.17) is 0 Å². The van der Waals surface area contributed by atoms with Crippen LogP contribution in [0.1, 0.15) is 36.0 Å². The summed E-state index contributed by atoms with van der Waals surface area (Å²) in [5.74, 6) is -0.353. The van der Waals surface area contributed by atoms with Gasteiger partial charge in [-0.1, -0.05) is 43.2 Å². The predicted molar refractivity (Wildman–Crippen MR) is 114 cm³/mol. The fourth-order valence-corrected chi connectivity index (χ4v) is 4.79. The van der Waals surface area contributed by atoms with Gasteiger partial charge in [0.1, 0.15) is 5.82 Å². The Morgan fingerprint density at radius 2 is 1.76 bits per heavy atom. The van der Waals surface area contributed by atoms with Crippen molar-refractivity contribution in [3.05, 3.63) is 59.9 Å². The average molecular weight is 396 g/mol. The molecular weight excluding hydrogens is 365 g/mol. The Labute approximate surface area is 172 Å². The molecule has 0 bridgehead atoms. The number of hydrogen-bond donors (Lipinski definition) is 1. The summed E-state index contributed by atoms with van der Waals surface area (Å²) in [6, 6.07) is 13.9. The molecule has 0 aromatic heterocycles. The Bertz CT molecular complexity index is 855. The standard InChI is InChI=1S/C24H30FN3O/c1-27-13-15-28(16-14-27)24(11-4-5-12-24)18-26-23(29)20-8-6-7-19(17-20)21-9-2-3-10-22(21)25/h2-3,6-10,17H,4-5,11-16,18H2,1H3,(H,26,29). The summed E-state index contributed by atoms with van der Waals surface area (Å²) >= 11 is 0. The lowest BCUT2D eigenvalue weighted by molar-refractivity contribution is 0.0414. The topological polar surface area (TPSA) is 35.6 Å². The van der Waals surface area contributed by atoms with Crippen LogP contribution in [0.2, 0.25) is 0 Å². The third kappa shape index (κ3) is 4.36. The number of piperazine rings is 1. The zero-order valence-corrected chi connectivity index (χ0v) is 17.2. The van der Waals surface area contributed by atoms with Gasteiger partial charge in [0.15, 0.2) is 0 Å². The molecule has 29 heavy (non-hydrogen) atoms. The quantitative estimate of drug-likeness (QED) is 0.837. The van der Waals surface area contributed by atoms with Gasteiger partial charge in [-0.2, -0.15) is 0 Å². The Hall–Kier alpha value is -2.24. The van der Waals surface area contributed by atoms with Gasteiger partial charge in [0.05, 0.1) is 0 Å². The normalized spacial score (nSPS) is 19.9. The molecule has 0 spiro atoms. The first kappa shape index (κ1) is 20.0. The maximum Gasteiger partial charge on any atom is 0.251 e. The van der Waals surface area contributed by atoms with Crippen molar-refractivity contribution in [2.75, 3.05) is 39.8 Å². The van der Waals surface area contributed by atoms with Gasteiger partial charge in [-0.25, -0.2) is 4.39 Å². The molecule has 1 amide bonds. The van der Waals surface area contributed by atoms with Crippen LogP contribution in [0.15, 0.2) is 48.5 Å². The minimum atomic E-state index is -0.273. The van der Waals surface area contributed by atoms with Crippen molar-refractivity contribution in [3.63, 3.8) is 0 Å². The molecule has 2 aliphatic rings. The molecule has 2 aromatic rings. The molecule has 0 atom stereocenters. The Morgan fingerprint density at radius 1 is 1.03 bits per heavy atom. The van der Waals surface area contributed by atoms with E-state index in [1.54, 1.807) is 24.3 Å². The molecule has 1 saturated carbocycles. The highest BCUT2D eigenvalue weighted by atomic mass is 19.1. The minimum Gasteiger partial charge on any atom is -0.350 e. The minimum absolute atomic E-state index is 0.0800. The lowest BCUT2D eigenvalue weighted by Crippen LogP contribution is -2.59. The summed E-state index contributed by atoms with van der Waals surface area (Å²) in [6.45, 7) is 4.98. The van der Waals surface area contributed by atoms with E-state index in [0.717, 1.165) is 44.6 Å². The molecule has 1 N–H and O–H groups in total. The maximum atomic E-state index is 14.1. The number of rotatable bonds is 5. The van der Waals surface area contributed by atoms with Gasteiger partial charge in [0.25, 0.3) is 5.91 Å². The van der Waals surface area contributed by atoms with E-state index in [-0.39, 0.29) is 17.3 Å². The summed E-state index contributed by atoms with van der Waals surface area (Å²) in [4.78, 5) is 17.9. The zero-order valence-electron chi connectivity index (χ0n) is 17.2. The molecule has 1 aliphatic carbocycles. The lowest BCUT2D eigenvalue weighted by atomic mass is 9.93. The molecule has 5 heteroatoms. The fraction of sp³-hybridized carbons (Fsp3) is 0.458. The SMILES string of the molecule is CN1CCN(C2(CNC(=O)c3cccc(-c4ccccc4F)c3)CCCC2)CC1. The van der Waals surface area contributed by atoms with Gasteiger partial charge in [0.2, 0.25) is 0 Å². The van der Waals surface area contributed by atoms with Crippen LogP contribution in [-0.4, -0.2) is 61.0 Å². The summed E-state index contributed by atoms with van der Waals surface area (Å²) in [5, 5.41) is 3.20. The van der Waals surface area contributed by atoms with Crippen LogP contribution in [-0.2, 0) is 0 Å². The third-order valence-electron chi connectivity index (χ3n) is 6.60. The van der Waals surface area contributed by atoms with Crippen LogP contribution in [0.25, 0.3) is 11.1 Å². The van der Waals surface area contributed by atoms with Crippen molar-refractivity contribution >= 4 is 5.91 Å². The summed E-state index contributed by atoms with van der Waals surface area (Å²) in [7, 11) is 2.17. The molecule has 0 unspecified atom stereocenters. The summed E-state index contributed by atoms with van der Waals surface area (Å²) in [5.41, 5.74) is 1.91. The van der Waals surface area contributed by atoms with E-state index < -0.39 is 0 Å². The van der Waals surface area contributed by atoms with Gasteiger partial charge in [-0.3, -0.25) is 9.69 Å². The van der Waals surface area contributed by atoms with E-state index in [1.807, 2.05) is 18.2 Å². The van der Waals surface area contributed by atoms with E-state index in [1.165, 1.54) is 18.9 Å². The number of nitrogens with zero attached hydrogens (tertiary/aromatic N) is 2. The first-order valence-electron chi connectivity index (χ1n) is 10.6. The monoisotopic (exact) mass is 395 g/mol. The van der Waals surface area contributed by atoms with Crippen molar-refractivity contribution in [1.29, 1.82) is 0 Å². The molecule has 2 aromatic carbocycles. The van der Waals surface area contributed by atoms with Gasteiger partial charge in [-0.05, 0) is 43.7 Å². The van der Waals surface area contributed by atoms with Crippen LogP contribution >= 0.6 is 0 Å². The first-order valence-corrected chi connectivity index (χ1v) is 10.6. The molecule has 1 aliphatic heterocycles. The molecule has 1 heterocycles. The lowest BCUT2D eigenvalue weighted by Gasteiger charge is -2.45. The predicted octanol–water partition coefficient (Wildman–Crippen LogP) is 3.78. The second-order valence-corrected chi connectivity index (χ2v) is 8.47. The van der Waals surface area contributed by atoms with Crippen molar-refractivity contribution in [2.24, 2.45) is 0 Å². The van der Waals surface area contributed by atoms with Gasteiger partial charge >= 0.3 is 0 Å². The Kier molecular flexibility index (Phi) is 5.97. The van der Waals surface area contributed by atoms with Gasteiger partial charge in [-0.15, -0.1) is 0 Å². The van der Waals surface area contributed by atoms with Crippen LogP contribution in [0, 0.1) is 5.82 Å². The highest BCUT2D eigenvalue weighted by Crippen LogP contribution is 2.35. The van der Waals surface area contributed by atoms with E-state index in [2.05, 4.69) is 22.2 Å². The van der Waals surface area contributed by atoms with E-state index in [0.29, 0.717) is 17.7 Å². The average Bonchev–Trinajstić information content (AvgIpc) is 3.23. The number of benzene rings is 2. The molecule has 2 fully saturated rings. The number of nitrogens with one attached hydrogen (secondary N) is 1. The number of hydrogen-bond acceptors (Lipinski definition) is 3. The second-order valence-electron chi connectivity index (χ2n) is 8.47. The highest BCUT2D eigenvalue weighted by molar-refractivity contribution is 5.95. The Morgan fingerprint density at radius 3 is 2.48 bits per heavy atom. The first-order chi connectivity index (χ1) is 14.1. The Balaban J connectivity index is 1.46. The van der Waals surface area contributed by atoms with Crippen LogP contribution in [0.5, 0.6) is 0 Å². The molecule has 4 nitrogen and oxygen atoms in total. The number of carbonyl (C=O) groups is 1. The molecule has 4 rings (SSSR count). The molecule has 0 radical (unpaired) electrons. The maximum absolute atomic E-state index is 14.1. The number of amides is 1. The molecule has 154 valence electrons. The smallest absolute Gasteiger partial charge is 0.251 e. The third-order valence-corrected chi connectivity index (χ3v) is 6.60. The molecular formula is C24H30FN3O. The number of carbonyl (C=O) groups excluding carboxylic acids is 1.